The first kappa shape index (κ1) is 11.9. The fourth-order valence-corrected chi connectivity index (χ4v) is 0.935. The Morgan fingerprint density at radius 1 is 1.38 bits per heavy atom. The van der Waals surface area contributed by atoms with Gasteiger partial charge >= 0.3 is 0 Å². The molecule has 0 aliphatic carbocycles. The third-order valence-corrected chi connectivity index (χ3v) is 1.67. The first-order chi connectivity index (χ1) is 7.63. The van der Waals surface area contributed by atoms with Crippen molar-refractivity contribution in [1.82, 2.24) is 15.3 Å². The van der Waals surface area contributed by atoms with Gasteiger partial charge in [0.25, 0.3) is 5.91 Å². The van der Waals surface area contributed by atoms with Gasteiger partial charge in [0.15, 0.2) is 5.82 Å². The largest absolute Gasteiger partial charge is 0.370 e. The Labute approximate surface area is 91.4 Å². The van der Waals surface area contributed by atoms with Gasteiger partial charge in [0.05, 0.1) is 12.4 Å². The van der Waals surface area contributed by atoms with Gasteiger partial charge in [-0.1, -0.05) is 0 Å². The fourth-order valence-electron chi connectivity index (χ4n) is 0.935. The third kappa shape index (κ3) is 3.50. The van der Waals surface area contributed by atoms with Crippen LogP contribution >= 0.6 is 0 Å². The zero-order valence-electron chi connectivity index (χ0n) is 8.43. The summed E-state index contributed by atoms with van der Waals surface area (Å²) in [6.45, 7) is 0.163. The number of rotatable bonds is 5. The molecule has 0 saturated heterocycles. The molecule has 16 heavy (non-hydrogen) atoms. The van der Waals surface area contributed by atoms with E-state index in [2.05, 4.69) is 20.7 Å². The molecule has 0 aliphatic heterocycles. The molecule has 86 valence electrons. The zero-order chi connectivity index (χ0) is 12.0. The molecule has 0 aromatic carbocycles. The lowest BCUT2D eigenvalue weighted by Gasteiger charge is -2.04. The summed E-state index contributed by atoms with van der Waals surface area (Å²) in [5, 5.41) is 2.47. The number of nitrogens with one attached hydrogen (secondary N) is 2. The maximum absolute atomic E-state index is 11.5. The van der Waals surface area contributed by atoms with Crippen LogP contribution in [0.15, 0.2) is 12.4 Å². The monoisotopic (exact) mass is 224 g/mol. The van der Waals surface area contributed by atoms with Crippen LogP contribution in [0.2, 0.25) is 0 Å². The highest BCUT2D eigenvalue weighted by atomic mass is 16.2. The number of anilines is 1. The molecule has 1 aromatic heterocycles. The molecule has 0 atom stereocenters. The number of amides is 2. The Morgan fingerprint density at radius 2 is 2.12 bits per heavy atom. The summed E-state index contributed by atoms with van der Waals surface area (Å²) in [5.74, 6) is 4.47. The number of aromatic nitrogens is 2. The van der Waals surface area contributed by atoms with Gasteiger partial charge in [-0.25, -0.2) is 10.8 Å². The standard InChI is InChI=1S/C8H12N6O2/c9-6(15)1-2-12-8(16)5-3-11-4-7(13-5)14-10/h3-4H,1-2,10H2,(H2,9,15)(H,12,16)(H,13,14). The van der Waals surface area contributed by atoms with Gasteiger partial charge in [0.2, 0.25) is 5.91 Å². The van der Waals surface area contributed by atoms with Crippen LogP contribution in [0.25, 0.3) is 0 Å². The van der Waals surface area contributed by atoms with E-state index >= 15 is 0 Å². The molecule has 0 bridgehead atoms. The molecule has 0 spiro atoms. The lowest BCUT2D eigenvalue weighted by Crippen LogP contribution is -2.28. The van der Waals surface area contributed by atoms with Crippen LogP contribution in [0, 0.1) is 0 Å². The van der Waals surface area contributed by atoms with Gasteiger partial charge in [-0.2, -0.15) is 0 Å². The summed E-state index contributed by atoms with van der Waals surface area (Å²) in [6, 6.07) is 0. The maximum atomic E-state index is 11.5. The zero-order valence-corrected chi connectivity index (χ0v) is 8.43. The molecule has 0 aliphatic rings. The number of nitrogens with two attached hydrogens (primary N) is 2. The predicted octanol–water partition coefficient (Wildman–Crippen LogP) is -1.63. The fraction of sp³-hybridized carbons (Fsp3) is 0.250. The van der Waals surface area contributed by atoms with Crippen LogP contribution in [-0.2, 0) is 4.79 Å². The topological polar surface area (TPSA) is 136 Å². The molecular weight excluding hydrogens is 212 g/mol. The Bertz CT molecular complexity index is 394. The van der Waals surface area contributed by atoms with E-state index in [0.717, 1.165) is 0 Å². The van der Waals surface area contributed by atoms with E-state index < -0.39 is 11.8 Å². The molecule has 8 heteroatoms. The highest BCUT2D eigenvalue weighted by molar-refractivity contribution is 5.92. The van der Waals surface area contributed by atoms with E-state index in [4.69, 9.17) is 11.6 Å². The first-order valence-electron chi connectivity index (χ1n) is 4.48. The summed E-state index contributed by atoms with van der Waals surface area (Å²) in [4.78, 5) is 29.5. The number of nitrogen functional groups attached to an aromatic ring is 1. The van der Waals surface area contributed by atoms with Crippen LogP contribution in [0.4, 0.5) is 5.82 Å². The van der Waals surface area contributed by atoms with Crippen molar-refractivity contribution in [2.75, 3.05) is 12.0 Å². The molecule has 0 unspecified atom stereocenters. The second-order valence-corrected chi connectivity index (χ2v) is 2.91. The van der Waals surface area contributed by atoms with Crippen LogP contribution in [-0.4, -0.2) is 28.3 Å². The smallest absolute Gasteiger partial charge is 0.271 e. The van der Waals surface area contributed by atoms with Crippen LogP contribution < -0.4 is 22.3 Å². The first-order valence-corrected chi connectivity index (χ1v) is 4.48. The van der Waals surface area contributed by atoms with Gasteiger partial charge in [0, 0.05) is 13.0 Å². The van der Waals surface area contributed by atoms with Crippen molar-refractivity contribution >= 4 is 17.6 Å². The number of carbonyl (C=O) groups excluding carboxylic acids is 2. The van der Waals surface area contributed by atoms with Gasteiger partial charge in [0.1, 0.15) is 5.69 Å². The van der Waals surface area contributed by atoms with Crippen LogP contribution in [0.1, 0.15) is 16.9 Å². The highest BCUT2D eigenvalue weighted by Gasteiger charge is 2.08. The quantitative estimate of drug-likeness (QED) is 0.350. The van der Waals surface area contributed by atoms with E-state index in [9.17, 15) is 9.59 Å². The molecule has 2 amide bonds. The van der Waals surface area contributed by atoms with E-state index in [1.54, 1.807) is 0 Å². The number of hydrogen-bond acceptors (Lipinski definition) is 6. The molecule has 0 fully saturated rings. The third-order valence-electron chi connectivity index (χ3n) is 1.67. The summed E-state index contributed by atoms with van der Waals surface area (Å²) in [6.07, 6.45) is 2.74. The lowest BCUT2D eigenvalue weighted by atomic mass is 10.3. The number of nitrogens with zero attached hydrogens (tertiary/aromatic N) is 2. The molecule has 1 heterocycles. The molecule has 6 N–H and O–H groups in total. The highest BCUT2D eigenvalue weighted by Crippen LogP contribution is 1.99. The van der Waals surface area contributed by atoms with Crippen molar-refractivity contribution in [2.45, 2.75) is 6.42 Å². The van der Waals surface area contributed by atoms with Crippen molar-refractivity contribution in [3.05, 3.63) is 18.1 Å². The summed E-state index contributed by atoms with van der Waals surface area (Å²) in [7, 11) is 0. The minimum absolute atomic E-state index is 0.0774. The van der Waals surface area contributed by atoms with Gasteiger partial charge in [-0.05, 0) is 0 Å². The normalized spacial score (nSPS) is 9.56. The van der Waals surface area contributed by atoms with Gasteiger partial charge in [-0.3, -0.25) is 14.6 Å². The van der Waals surface area contributed by atoms with E-state index in [0.29, 0.717) is 0 Å². The molecule has 1 aromatic rings. The SMILES string of the molecule is NNc1cncc(C(=O)NCCC(N)=O)n1. The van der Waals surface area contributed by atoms with Crippen molar-refractivity contribution in [1.29, 1.82) is 0 Å². The van der Waals surface area contributed by atoms with E-state index in [1.165, 1.54) is 12.4 Å². The van der Waals surface area contributed by atoms with Crippen LogP contribution in [0.3, 0.4) is 0 Å². The average Bonchev–Trinajstić information content (AvgIpc) is 2.28. The molecule has 1 rings (SSSR count). The van der Waals surface area contributed by atoms with Crippen LogP contribution in [0.5, 0.6) is 0 Å². The Hall–Kier alpha value is -2.22. The lowest BCUT2D eigenvalue weighted by molar-refractivity contribution is -0.117. The summed E-state index contributed by atoms with van der Waals surface area (Å²) >= 11 is 0. The number of hydrazine groups is 1. The van der Waals surface area contributed by atoms with Crippen molar-refractivity contribution in [2.24, 2.45) is 11.6 Å². The van der Waals surface area contributed by atoms with Gasteiger partial charge < -0.3 is 16.5 Å². The number of carbonyl (C=O) groups is 2. The maximum Gasteiger partial charge on any atom is 0.271 e. The second-order valence-electron chi connectivity index (χ2n) is 2.91. The average molecular weight is 224 g/mol. The minimum atomic E-state index is -0.483. The number of primary amides is 1. The minimum Gasteiger partial charge on any atom is -0.370 e. The van der Waals surface area contributed by atoms with Crippen molar-refractivity contribution in [3.8, 4) is 0 Å². The molecule has 0 saturated carbocycles. The molecule has 0 radical (unpaired) electrons. The van der Waals surface area contributed by atoms with Crippen molar-refractivity contribution < 1.29 is 9.59 Å². The van der Waals surface area contributed by atoms with E-state index in [-0.39, 0.29) is 24.5 Å². The van der Waals surface area contributed by atoms with Gasteiger partial charge in [-0.15, -0.1) is 0 Å². The Morgan fingerprint density at radius 3 is 2.75 bits per heavy atom. The predicted molar refractivity (Wildman–Crippen MR) is 56.0 cm³/mol. The summed E-state index contributed by atoms with van der Waals surface area (Å²) in [5.41, 5.74) is 7.30. The van der Waals surface area contributed by atoms with E-state index in [1.807, 2.05) is 0 Å². The second kappa shape index (κ2) is 5.61. The molecular formula is C8H12N6O2. The Kier molecular flexibility index (Phi) is 4.16. The molecule has 8 nitrogen and oxygen atoms in total. The Balaban J connectivity index is 2.55. The number of hydrogen-bond donors (Lipinski definition) is 4. The summed E-state index contributed by atoms with van der Waals surface area (Å²) < 4.78 is 0. The van der Waals surface area contributed by atoms with Crippen molar-refractivity contribution in [3.63, 3.8) is 0 Å².